The second-order valence-electron chi connectivity index (χ2n) is 1.63. The Morgan fingerprint density at radius 3 is 2.50 bits per heavy atom. The van der Waals surface area contributed by atoms with Gasteiger partial charge >= 0.3 is 0 Å². The Morgan fingerprint density at radius 2 is 2.10 bits per heavy atom. The minimum Gasteiger partial charge on any atom is -0.411 e. The summed E-state index contributed by atoms with van der Waals surface area (Å²) in [7, 11) is 0. The molecule has 0 bridgehead atoms. The summed E-state index contributed by atoms with van der Waals surface area (Å²) in [6.45, 7) is 6.57. The molecule has 0 unspecified atom stereocenters. The fourth-order valence-corrected chi connectivity index (χ4v) is 0.255. The van der Waals surface area contributed by atoms with Gasteiger partial charge in [0.25, 0.3) is 0 Å². The fraction of sp³-hybridized carbons (Fsp3) is 0.333. The molecule has 0 atom stereocenters. The van der Waals surface area contributed by atoms with E-state index in [0.29, 0.717) is 11.4 Å². The summed E-state index contributed by atoms with van der Waals surface area (Å²) >= 11 is 0. The first-order chi connectivity index (χ1) is 4.72. The van der Waals surface area contributed by atoms with E-state index in [1.54, 1.807) is 13.8 Å². The van der Waals surface area contributed by atoms with E-state index in [2.05, 4.69) is 21.7 Å². The summed E-state index contributed by atoms with van der Waals surface area (Å²) in [5.74, 6) is 0. The number of hydrogen-bond donors (Lipinski definition) is 1. The van der Waals surface area contributed by atoms with Crippen LogP contribution in [0.2, 0.25) is 0 Å². The van der Waals surface area contributed by atoms with E-state index in [0.717, 1.165) is 0 Å². The molecule has 0 aliphatic rings. The zero-order valence-electron chi connectivity index (χ0n) is 6.03. The highest BCUT2D eigenvalue weighted by Crippen LogP contribution is 1.84. The Kier molecular flexibility index (Phi) is 3.95. The molecule has 0 heterocycles. The number of nitrogens with zero attached hydrogens (tertiary/aromatic N) is 2. The third-order valence-electron chi connectivity index (χ3n) is 0.938. The first kappa shape index (κ1) is 8.68. The lowest BCUT2D eigenvalue weighted by atomic mass is 10.3. The van der Waals surface area contributed by atoms with E-state index in [-0.39, 0.29) is 0 Å². The lowest BCUT2D eigenvalue weighted by molar-refractivity contribution is 0.270. The number of rotatable bonds is 3. The van der Waals surface area contributed by atoms with Crippen LogP contribution in [-0.2, 0) is 4.84 Å². The summed E-state index contributed by atoms with van der Waals surface area (Å²) in [5, 5.41) is 14.7. The Hall–Kier alpha value is -1.32. The molecule has 0 aromatic carbocycles. The van der Waals surface area contributed by atoms with E-state index >= 15 is 0 Å². The van der Waals surface area contributed by atoms with E-state index < -0.39 is 0 Å². The lowest BCUT2D eigenvalue weighted by Gasteiger charge is -1.93. The van der Waals surface area contributed by atoms with Crippen molar-refractivity contribution in [2.75, 3.05) is 0 Å². The molecule has 0 amide bonds. The molecule has 0 aromatic rings. The van der Waals surface area contributed by atoms with Crippen LogP contribution in [-0.4, -0.2) is 16.6 Å². The molecule has 0 fully saturated rings. The van der Waals surface area contributed by atoms with Gasteiger partial charge in [-0.15, -0.1) is 0 Å². The van der Waals surface area contributed by atoms with Gasteiger partial charge < -0.3 is 10.0 Å². The smallest absolute Gasteiger partial charge is 0.114 e. The fourth-order valence-electron chi connectivity index (χ4n) is 0.255. The third-order valence-corrected chi connectivity index (χ3v) is 0.938. The van der Waals surface area contributed by atoms with Crippen LogP contribution in [0.25, 0.3) is 0 Å². The molecule has 1 N–H and O–H groups in total. The van der Waals surface area contributed by atoms with Crippen LogP contribution in [0.5, 0.6) is 0 Å². The van der Waals surface area contributed by atoms with Crippen LogP contribution in [0.4, 0.5) is 0 Å². The maximum absolute atomic E-state index is 8.23. The van der Waals surface area contributed by atoms with Crippen LogP contribution >= 0.6 is 0 Å². The van der Waals surface area contributed by atoms with Gasteiger partial charge in [-0.25, -0.2) is 0 Å². The topological polar surface area (TPSA) is 54.2 Å². The molecule has 0 aliphatic carbocycles. The van der Waals surface area contributed by atoms with Gasteiger partial charge in [0, 0.05) is 0 Å². The van der Waals surface area contributed by atoms with E-state index in [1.165, 1.54) is 6.26 Å². The Bertz CT molecular complexity index is 173. The molecule has 4 heteroatoms. The Balaban J connectivity index is 4.05. The van der Waals surface area contributed by atoms with Crippen molar-refractivity contribution in [1.82, 2.24) is 0 Å². The monoisotopic (exact) mass is 142 g/mol. The van der Waals surface area contributed by atoms with Gasteiger partial charge in [-0.1, -0.05) is 16.9 Å². The van der Waals surface area contributed by atoms with Gasteiger partial charge in [0.1, 0.15) is 17.7 Å². The maximum atomic E-state index is 8.23. The predicted octanol–water partition coefficient (Wildman–Crippen LogP) is 1.37. The molecular weight excluding hydrogens is 132 g/mol. The highest BCUT2D eigenvalue weighted by molar-refractivity contribution is 6.40. The molecule has 0 saturated carbocycles. The highest BCUT2D eigenvalue weighted by Gasteiger charge is 1.95. The quantitative estimate of drug-likeness (QED) is 0.280. The van der Waals surface area contributed by atoms with Crippen molar-refractivity contribution >= 4 is 11.4 Å². The SMILES string of the molecule is C=CO/N=C(C)/C(C)=N/O. The summed E-state index contributed by atoms with van der Waals surface area (Å²) in [5.41, 5.74) is 0.934. The maximum Gasteiger partial charge on any atom is 0.114 e. The van der Waals surface area contributed by atoms with Gasteiger partial charge in [0.05, 0.1) is 0 Å². The van der Waals surface area contributed by atoms with Gasteiger partial charge in [-0.3, -0.25) is 0 Å². The van der Waals surface area contributed by atoms with Gasteiger partial charge in [-0.2, -0.15) is 0 Å². The van der Waals surface area contributed by atoms with Crippen molar-refractivity contribution in [2.24, 2.45) is 10.3 Å². The molecule has 4 nitrogen and oxygen atoms in total. The molecular formula is C6H10N2O2. The molecule has 0 radical (unpaired) electrons. The van der Waals surface area contributed by atoms with Gasteiger partial charge in [0.15, 0.2) is 0 Å². The Morgan fingerprint density at radius 1 is 1.50 bits per heavy atom. The largest absolute Gasteiger partial charge is 0.411 e. The van der Waals surface area contributed by atoms with Crippen molar-refractivity contribution in [2.45, 2.75) is 13.8 Å². The molecule has 0 spiro atoms. The van der Waals surface area contributed by atoms with Crippen LogP contribution in [0.15, 0.2) is 23.2 Å². The van der Waals surface area contributed by atoms with Gasteiger partial charge in [0.2, 0.25) is 0 Å². The second kappa shape index (κ2) is 4.55. The average molecular weight is 142 g/mol. The molecule has 56 valence electrons. The van der Waals surface area contributed by atoms with Crippen molar-refractivity contribution in [3.8, 4) is 0 Å². The predicted molar refractivity (Wildman–Crippen MR) is 39.3 cm³/mol. The number of hydrogen-bond acceptors (Lipinski definition) is 4. The molecule has 0 saturated heterocycles. The number of oxime groups is 2. The standard InChI is InChI=1S/C6H10N2O2/c1-4-10-8-6(3)5(2)7-9/h4,9H,1H2,2-3H3/b7-5+,8-6+. The third kappa shape index (κ3) is 2.86. The second-order valence-corrected chi connectivity index (χ2v) is 1.63. The Labute approximate surface area is 59.5 Å². The summed E-state index contributed by atoms with van der Waals surface area (Å²) in [6.07, 6.45) is 1.19. The van der Waals surface area contributed by atoms with Crippen molar-refractivity contribution in [3.63, 3.8) is 0 Å². The van der Waals surface area contributed by atoms with E-state index in [4.69, 9.17) is 5.21 Å². The van der Waals surface area contributed by atoms with Crippen LogP contribution < -0.4 is 0 Å². The molecule has 0 aliphatic heterocycles. The van der Waals surface area contributed by atoms with Crippen LogP contribution in [0, 0.1) is 0 Å². The van der Waals surface area contributed by atoms with E-state index in [9.17, 15) is 0 Å². The highest BCUT2D eigenvalue weighted by atomic mass is 16.6. The molecule has 10 heavy (non-hydrogen) atoms. The van der Waals surface area contributed by atoms with Crippen molar-refractivity contribution < 1.29 is 10.0 Å². The average Bonchev–Trinajstić information content (AvgIpc) is 1.98. The summed E-state index contributed by atoms with van der Waals surface area (Å²) in [4.78, 5) is 4.48. The normalized spacial score (nSPS) is 13.0. The minimum atomic E-state index is 0.418. The zero-order chi connectivity index (χ0) is 7.98. The summed E-state index contributed by atoms with van der Waals surface area (Å²) in [6, 6.07) is 0. The minimum absolute atomic E-state index is 0.418. The zero-order valence-corrected chi connectivity index (χ0v) is 6.03. The first-order valence-electron chi connectivity index (χ1n) is 2.72. The summed E-state index contributed by atoms with van der Waals surface area (Å²) < 4.78 is 0. The lowest BCUT2D eigenvalue weighted by Crippen LogP contribution is -2.05. The van der Waals surface area contributed by atoms with Crippen LogP contribution in [0.3, 0.4) is 0 Å². The van der Waals surface area contributed by atoms with Crippen LogP contribution in [0.1, 0.15) is 13.8 Å². The van der Waals surface area contributed by atoms with Crippen molar-refractivity contribution in [1.29, 1.82) is 0 Å². The van der Waals surface area contributed by atoms with Gasteiger partial charge in [-0.05, 0) is 13.8 Å². The first-order valence-corrected chi connectivity index (χ1v) is 2.72. The van der Waals surface area contributed by atoms with E-state index in [1.807, 2.05) is 0 Å². The molecule has 0 rings (SSSR count). The van der Waals surface area contributed by atoms with Crippen molar-refractivity contribution in [3.05, 3.63) is 12.8 Å². The molecule has 0 aromatic heterocycles.